The molecule has 3 N–H and O–H groups in total. The van der Waals surface area contributed by atoms with Crippen LogP contribution in [0, 0.1) is 6.92 Å². The second-order valence-electron chi connectivity index (χ2n) is 8.40. The average Bonchev–Trinajstić information content (AvgIpc) is 3.29. The molecule has 5 rings (SSSR count). The van der Waals surface area contributed by atoms with Crippen molar-refractivity contribution in [2.24, 2.45) is 0 Å². The van der Waals surface area contributed by atoms with Crippen LogP contribution in [0.25, 0.3) is 10.8 Å². The van der Waals surface area contributed by atoms with E-state index in [4.69, 9.17) is 10.5 Å². The molecular formula is C27H25N3O3S. The maximum Gasteiger partial charge on any atom is 0.275 e. The number of nitrogens with zero attached hydrogens (tertiary/aromatic N) is 1. The van der Waals surface area contributed by atoms with Crippen LogP contribution >= 0.6 is 11.8 Å². The van der Waals surface area contributed by atoms with Gasteiger partial charge in [-0.15, -0.1) is 11.8 Å². The predicted octanol–water partition coefficient (Wildman–Crippen LogP) is 4.78. The van der Waals surface area contributed by atoms with Gasteiger partial charge in [0, 0.05) is 23.4 Å². The fraction of sp³-hybridized carbons (Fsp3) is 0.185. The number of nitrogen functional groups attached to an aromatic ring is 1. The number of pyridine rings is 1. The van der Waals surface area contributed by atoms with Crippen molar-refractivity contribution in [2.75, 3.05) is 23.9 Å². The molecule has 172 valence electrons. The van der Waals surface area contributed by atoms with Crippen molar-refractivity contribution in [3.05, 3.63) is 93.8 Å². The van der Waals surface area contributed by atoms with Crippen LogP contribution in [0.1, 0.15) is 22.7 Å². The number of carbonyl (C=O) groups excluding carboxylic acids is 1. The van der Waals surface area contributed by atoms with Crippen molar-refractivity contribution in [2.45, 2.75) is 24.4 Å². The van der Waals surface area contributed by atoms with Crippen molar-refractivity contribution in [1.29, 1.82) is 0 Å². The highest BCUT2D eigenvalue weighted by Crippen LogP contribution is 2.43. The van der Waals surface area contributed by atoms with E-state index in [-0.39, 0.29) is 17.2 Å². The van der Waals surface area contributed by atoms with Gasteiger partial charge in [-0.1, -0.05) is 60.2 Å². The van der Waals surface area contributed by atoms with E-state index in [0.717, 1.165) is 21.9 Å². The highest BCUT2D eigenvalue weighted by molar-refractivity contribution is 7.99. The highest BCUT2D eigenvalue weighted by Gasteiger charge is 2.35. The Labute approximate surface area is 201 Å². The van der Waals surface area contributed by atoms with Crippen LogP contribution in [0.2, 0.25) is 0 Å². The van der Waals surface area contributed by atoms with Crippen molar-refractivity contribution in [1.82, 2.24) is 4.57 Å². The summed E-state index contributed by atoms with van der Waals surface area (Å²) in [6, 6.07) is 21.1. The van der Waals surface area contributed by atoms with Gasteiger partial charge in [-0.05, 0) is 35.4 Å². The first-order chi connectivity index (χ1) is 16.5. The third-order valence-corrected chi connectivity index (χ3v) is 7.36. The van der Waals surface area contributed by atoms with Crippen LogP contribution in [0.4, 0.5) is 11.4 Å². The molecule has 0 saturated carbocycles. The van der Waals surface area contributed by atoms with Crippen LogP contribution in [-0.4, -0.2) is 23.3 Å². The van der Waals surface area contributed by atoms with Gasteiger partial charge in [-0.2, -0.15) is 0 Å². The summed E-state index contributed by atoms with van der Waals surface area (Å²) in [6.07, 6.45) is 0.459. The number of rotatable bonds is 5. The van der Waals surface area contributed by atoms with Gasteiger partial charge in [0.05, 0.1) is 7.11 Å². The van der Waals surface area contributed by atoms with E-state index in [1.807, 2.05) is 55.5 Å². The Morgan fingerprint density at radius 1 is 1.12 bits per heavy atom. The van der Waals surface area contributed by atoms with Gasteiger partial charge >= 0.3 is 0 Å². The number of ether oxygens (including phenoxy) is 1. The molecule has 7 heteroatoms. The van der Waals surface area contributed by atoms with Gasteiger partial charge in [0.1, 0.15) is 16.8 Å². The summed E-state index contributed by atoms with van der Waals surface area (Å²) in [5, 5.41) is 5.79. The number of anilines is 2. The fourth-order valence-electron chi connectivity index (χ4n) is 4.44. The van der Waals surface area contributed by atoms with E-state index in [1.54, 1.807) is 7.11 Å². The average molecular weight is 472 g/mol. The first kappa shape index (κ1) is 22.1. The molecule has 1 aliphatic rings. The maximum atomic E-state index is 13.4. The zero-order valence-corrected chi connectivity index (χ0v) is 19.8. The molecule has 2 heterocycles. The summed E-state index contributed by atoms with van der Waals surface area (Å²) in [5.41, 5.74) is 9.66. The number of methoxy groups -OCH3 is 1. The first-order valence-electron chi connectivity index (χ1n) is 11.1. The smallest absolute Gasteiger partial charge is 0.275 e. The van der Waals surface area contributed by atoms with Gasteiger partial charge in [0.25, 0.3) is 5.56 Å². The van der Waals surface area contributed by atoms with Crippen molar-refractivity contribution < 1.29 is 9.53 Å². The number of nitrogens with two attached hydrogens (primary N) is 1. The molecule has 0 fully saturated rings. The van der Waals surface area contributed by atoms with Gasteiger partial charge in [0.15, 0.2) is 5.75 Å². The maximum absolute atomic E-state index is 13.4. The van der Waals surface area contributed by atoms with E-state index >= 15 is 0 Å². The quantitative estimate of drug-likeness (QED) is 0.438. The van der Waals surface area contributed by atoms with Crippen LogP contribution in [0.3, 0.4) is 0 Å². The molecule has 4 aromatic rings. The minimum absolute atomic E-state index is 0.115. The fourth-order valence-corrected chi connectivity index (χ4v) is 5.74. The highest BCUT2D eigenvalue weighted by atomic mass is 32.2. The molecule has 0 bridgehead atoms. The molecular weight excluding hydrogens is 446 g/mol. The van der Waals surface area contributed by atoms with E-state index in [0.29, 0.717) is 34.2 Å². The summed E-state index contributed by atoms with van der Waals surface area (Å²) < 4.78 is 7.26. The van der Waals surface area contributed by atoms with E-state index in [2.05, 4.69) is 23.5 Å². The summed E-state index contributed by atoms with van der Waals surface area (Å²) in [4.78, 5) is 26.5. The number of benzene rings is 3. The largest absolute Gasteiger partial charge is 0.494 e. The van der Waals surface area contributed by atoms with Crippen LogP contribution in [-0.2, 0) is 11.2 Å². The molecule has 1 atom stereocenters. The number of aryl methyl sites for hydroxylation is 1. The third kappa shape index (κ3) is 3.82. The minimum atomic E-state index is -0.670. The second kappa shape index (κ2) is 8.91. The molecule has 6 nitrogen and oxygen atoms in total. The van der Waals surface area contributed by atoms with Gasteiger partial charge in [-0.25, -0.2) is 0 Å². The third-order valence-electron chi connectivity index (χ3n) is 6.22. The van der Waals surface area contributed by atoms with Crippen molar-refractivity contribution >= 4 is 39.8 Å². The summed E-state index contributed by atoms with van der Waals surface area (Å²) >= 11 is 1.44. The van der Waals surface area contributed by atoms with Gasteiger partial charge in [0.2, 0.25) is 5.91 Å². The van der Waals surface area contributed by atoms with E-state index < -0.39 is 6.04 Å². The first-order valence-corrected chi connectivity index (χ1v) is 12.0. The Hall–Kier alpha value is -3.71. The molecule has 34 heavy (non-hydrogen) atoms. The monoisotopic (exact) mass is 471 g/mol. The molecule has 1 amide bonds. The molecule has 0 spiro atoms. The molecule has 0 saturated heterocycles. The van der Waals surface area contributed by atoms with Crippen LogP contribution < -0.4 is 21.3 Å². The molecule has 0 unspecified atom stereocenters. The Morgan fingerprint density at radius 3 is 2.62 bits per heavy atom. The van der Waals surface area contributed by atoms with E-state index in [9.17, 15) is 9.59 Å². The lowest BCUT2D eigenvalue weighted by molar-refractivity contribution is -0.118. The number of amides is 1. The van der Waals surface area contributed by atoms with Crippen molar-refractivity contribution in [3.8, 4) is 5.75 Å². The Balaban J connectivity index is 1.54. The number of thioether (sulfide) groups is 1. The standard InChI is InChI=1S/C27H25N3O3S/c1-16-10-12-19(13-11-16)29-25(31)22-15-34-27-24(33-2)21(23(28)26(32)30(22)27)14-18-8-5-7-17-6-3-4-9-20(17)18/h3-13,22H,14-15,28H2,1-2H3,(H,29,31)/t22-/m0/s1. The topological polar surface area (TPSA) is 86.3 Å². The Morgan fingerprint density at radius 2 is 1.85 bits per heavy atom. The summed E-state index contributed by atoms with van der Waals surface area (Å²) in [7, 11) is 1.58. The Bertz CT molecular complexity index is 1460. The Kier molecular flexibility index (Phi) is 5.79. The SMILES string of the molecule is COc1c(Cc2cccc3ccccc23)c(N)c(=O)n2c1SC[C@H]2C(=O)Nc1ccc(C)cc1. The number of nitrogens with one attached hydrogen (secondary N) is 1. The lowest BCUT2D eigenvalue weighted by Gasteiger charge is -2.19. The summed E-state index contributed by atoms with van der Waals surface area (Å²) in [5.74, 6) is 0.738. The second-order valence-corrected chi connectivity index (χ2v) is 9.41. The molecule has 0 aliphatic carbocycles. The normalized spacial score (nSPS) is 14.7. The number of hydrogen-bond acceptors (Lipinski definition) is 5. The molecule has 1 aliphatic heterocycles. The lowest BCUT2D eigenvalue weighted by Crippen LogP contribution is -2.34. The van der Waals surface area contributed by atoms with Gasteiger partial charge in [-0.3, -0.25) is 14.2 Å². The molecule has 1 aromatic heterocycles. The number of carbonyl (C=O) groups is 1. The lowest BCUT2D eigenvalue weighted by atomic mass is 9.97. The van der Waals surface area contributed by atoms with Crippen LogP contribution in [0.15, 0.2) is 76.6 Å². The van der Waals surface area contributed by atoms with E-state index in [1.165, 1.54) is 16.3 Å². The predicted molar refractivity (Wildman–Crippen MR) is 138 cm³/mol. The van der Waals surface area contributed by atoms with Crippen molar-refractivity contribution in [3.63, 3.8) is 0 Å². The number of hydrogen-bond donors (Lipinski definition) is 2. The molecule has 0 radical (unpaired) electrons. The zero-order chi connectivity index (χ0) is 23.8. The summed E-state index contributed by atoms with van der Waals surface area (Å²) in [6.45, 7) is 1.99. The number of fused-ring (bicyclic) bond motifs is 2. The number of aromatic nitrogens is 1. The van der Waals surface area contributed by atoms with Gasteiger partial charge < -0.3 is 15.8 Å². The minimum Gasteiger partial charge on any atom is -0.494 e. The van der Waals surface area contributed by atoms with Crippen LogP contribution in [0.5, 0.6) is 5.75 Å². The zero-order valence-electron chi connectivity index (χ0n) is 19.0. The molecule has 3 aromatic carbocycles.